The van der Waals surface area contributed by atoms with Crippen LogP contribution in [0.25, 0.3) is 0 Å². The summed E-state index contributed by atoms with van der Waals surface area (Å²) in [5.74, 6) is 0.696. The fraction of sp³-hybridized carbons (Fsp3) is 0.467. The predicted molar refractivity (Wildman–Crippen MR) is 84.1 cm³/mol. The van der Waals surface area contributed by atoms with Crippen molar-refractivity contribution in [2.24, 2.45) is 0 Å². The number of hydrogen-bond acceptors (Lipinski definition) is 6. The van der Waals surface area contributed by atoms with E-state index in [1.807, 2.05) is 0 Å². The first-order valence-corrected chi connectivity index (χ1v) is 9.02. The van der Waals surface area contributed by atoms with Crippen molar-refractivity contribution in [1.82, 2.24) is 14.4 Å². The molecule has 3 rings (SSSR count). The number of aromatic nitrogens is 1. The molecular weight excluding hydrogens is 334 g/mol. The van der Waals surface area contributed by atoms with Crippen molar-refractivity contribution in [1.29, 1.82) is 0 Å². The van der Waals surface area contributed by atoms with E-state index in [-0.39, 0.29) is 29.7 Å². The highest BCUT2D eigenvalue weighted by atomic mass is 32.2. The molecule has 8 nitrogen and oxygen atoms in total. The van der Waals surface area contributed by atoms with Crippen LogP contribution < -0.4 is 0 Å². The highest BCUT2D eigenvalue weighted by molar-refractivity contribution is 7.89. The molecule has 1 amide bonds. The third-order valence-corrected chi connectivity index (χ3v) is 6.32. The molecule has 1 fully saturated rings. The lowest BCUT2D eigenvalue weighted by Gasteiger charge is -2.33. The zero-order valence-corrected chi connectivity index (χ0v) is 14.6. The van der Waals surface area contributed by atoms with Gasteiger partial charge in [0.05, 0.1) is 11.8 Å². The van der Waals surface area contributed by atoms with Gasteiger partial charge >= 0.3 is 0 Å². The molecule has 2 aromatic rings. The van der Waals surface area contributed by atoms with Gasteiger partial charge in [-0.2, -0.15) is 4.31 Å². The molecule has 0 saturated carbocycles. The van der Waals surface area contributed by atoms with Crippen LogP contribution in [-0.2, 0) is 10.0 Å². The highest BCUT2D eigenvalue weighted by Crippen LogP contribution is 2.24. The number of piperazine rings is 1. The zero-order valence-electron chi connectivity index (χ0n) is 13.8. The largest absolute Gasteiger partial charge is 0.469 e. The van der Waals surface area contributed by atoms with Crippen LogP contribution in [0.15, 0.2) is 26.2 Å². The predicted octanol–water partition coefficient (Wildman–Crippen LogP) is 1.34. The molecule has 130 valence electrons. The number of hydrogen-bond donors (Lipinski definition) is 0. The molecule has 3 heterocycles. The molecule has 1 aliphatic rings. The minimum Gasteiger partial charge on any atom is -0.469 e. The van der Waals surface area contributed by atoms with Crippen LogP contribution >= 0.6 is 0 Å². The summed E-state index contributed by atoms with van der Waals surface area (Å²) in [6.07, 6.45) is 1.47. The molecular formula is C15H19N3O5S. The maximum atomic E-state index is 12.8. The number of carbonyl (C=O) groups is 1. The molecule has 2 aromatic heterocycles. The van der Waals surface area contributed by atoms with Crippen molar-refractivity contribution in [2.75, 3.05) is 26.2 Å². The summed E-state index contributed by atoms with van der Waals surface area (Å²) in [5, 5.41) is 3.71. The molecule has 0 unspecified atom stereocenters. The Balaban J connectivity index is 1.73. The van der Waals surface area contributed by atoms with Crippen molar-refractivity contribution in [2.45, 2.75) is 25.7 Å². The van der Waals surface area contributed by atoms with Gasteiger partial charge in [-0.05, 0) is 26.8 Å². The summed E-state index contributed by atoms with van der Waals surface area (Å²) in [4.78, 5) is 14.2. The lowest BCUT2D eigenvalue weighted by atomic mass is 10.2. The normalized spacial score (nSPS) is 16.5. The van der Waals surface area contributed by atoms with Crippen LogP contribution in [-0.4, -0.2) is 54.9 Å². The standard InChI is InChI=1S/C15H19N3O5S/c1-10-14(12(3)23-16-10)24(20,21)18-7-5-17(6-8-18)15(19)13-4-9-22-11(13)2/h4,9H,5-8H2,1-3H3. The fourth-order valence-electron chi connectivity index (χ4n) is 2.88. The second kappa shape index (κ2) is 6.06. The third kappa shape index (κ3) is 2.73. The van der Waals surface area contributed by atoms with Gasteiger partial charge in [-0.1, -0.05) is 5.16 Å². The van der Waals surface area contributed by atoms with Gasteiger partial charge in [0.15, 0.2) is 5.76 Å². The Hall–Kier alpha value is -2.13. The van der Waals surface area contributed by atoms with Crippen molar-refractivity contribution < 1.29 is 22.2 Å². The van der Waals surface area contributed by atoms with E-state index in [4.69, 9.17) is 8.94 Å². The van der Waals surface area contributed by atoms with E-state index < -0.39 is 10.0 Å². The summed E-state index contributed by atoms with van der Waals surface area (Å²) in [7, 11) is -3.67. The van der Waals surface area contributed by atoms with E-state index in [1.165, 1.54) is 10.6 Å². The van der Waals surface area contributed by atoms with Gasteiger partial charge in [0, 0.05) is 26.2 Å². The lowest BCUT2D eigenvalue weighted by Crippen LogP contribution is -2.50. The summed E-state index contributed by atoms with van der Waals surface area (Å²) < 4.78 is 37.0. The lowest BCUT2D eigenvalue weighted by molar-refractivity contribution is 0.0696. The SMILES string of the molecule is Cc1noc(C)c1S(=O)(=O)N1CCN(C(=O)c2ccoc2C)CC1. The van der Waals surface area contributed by atoms with Crippen molar-refractivity contribution >= 4 is 15.9 Å². The molecule has 24 heavy (non-hydrogen) atoms. The summed E-state index contributed by atoms with van der Waals surface area (Å²) >= 11 is 0. The summed E-state index contributed by atoms with van der Waals surface area (Å²) in [5.41, 5.74) is 0.858. The van der Waals surface area contributed by atoms with Crippen LogP contribution in [0.2, 0.25) is 0 Å². The first-order valence-electron chi connectivity index (χ1n) is 7.58. The average molecular weight is 353 g/mol. The molecule has 1 saturated heterocycles. The van der Waals surface area contributed by atoms with Crippen molar-refractivity contribution in [3.8, 4) is 0 Å². The van der Waals surface area contributed by atoms with Crippen molar-refractivity contribution in [3.63, 3.8) is 0 Å². The van der Waals surface area contributed by atoms with E-state index in [1.54, 1.807) is 31.7 Å². The highest BCUT2D eigenvalue weighted by Gasteiger charge is 2.34. The molecule has 0 aromatic carbocycles. The summed E-state index contributed by atoms with van der Waals surface area (Å²) in [6, 6.07) is 1.63. The number of furan rings is 1. The number of sulfonamides is 1. The molecule has 1 aliphatic heterocycles. The van der Waals surface area contributed by atoms with E-state index in [2.05, 4.69) is 5.16 Å². The van der Waals surface area contributed by atoms with Crippen LogP contribution in [0.3, 0.4) is 0 Å². The molecule has 0 aliphatic carbocycles. The number of aryl methyl sites for hydroxylation is 3. The Kier molecular flexibility index (Phi) is 4.22. The fourth-order valence-corrected chi connectivity index (χ4v) is 4.59. The molecule has 0 spiro atoms. The number of amides is 1. The van der Waals surface area contributed by atoms with E-state index in [0.29, 0.717) is 30.1 Å². The van der Waals surface area contributed by atoms with Crippen molar-refractivity contribution in [3.05, 3.63) is 35.1 Å². The van der Waals surface area contributed by atoms with Crippen LogP contribution in [0.1, 0.15) is 27.6 Å². The molecule has 9 heteroatoms. The van der Waals surface area contributed by atoms with E-state index in [9.17, 15) is 13.2 Å². The minimum atomic E-state index is -3.67. The van der Waals surface area contributed by atoms with E-state index >= 15 is 0 Å². The topological polar surface area (TPSA) is 96.9 Å². The molecule has 0 bridgehead atoms. The minimum absolute atomic E-state index is 0.118. The maximum Gasteiger partial charge on any atom is 0.257 e. The van der Waals surface area contributed by atoms with Gasteiger partial charge in [-0.25, -0.2) is 8.42 Å². The molecule has 0 atom stereocenters. The summed E-state index contributed by atoms with van der Waals surface area (Å²) in [6.45, 7) is 6.02. The van der Waals surface area contributed by atoms with Crippen LogP contribution in [0, 0.1) is 20.8 Å². The van der Waals surface area contributed by atoms with Gasteiger partial charge in [-0.3, -0.25) is 4.79 Å². The van der Waals surface area contributed by atoms with Gasteiger partial charge in [-0.15, -0.1) is 0 Å². The third-order valence-electron chi connectivity index (χ3n) is 4.18. The second-order valence-corrected chi connectivity index (χ2v) is 7.61. The first kappa shape index (κ1) is 16.7. The Morgan fingerprint density at radius 2 is 1.79 bits per heavy atom. The zero-order chi connectivity index (χ0) is 17.5. The monoisotopic (exact) mass is 353 g/mol. The Morgan fingerprint density at radius 3 is 2.29 bits per heavy atom. The van der Waals surface area contributed by atoms with E-state index in [0.717, 1.165) is 0 Å². The Bertz CT molecular complexity index is 840. The number of carbonyl (C=O) groups excluding carboxylic acids is 1. The van der Waals surface area contributed by atoms with Gasteiger partial charge in [0.25, 0.3) is 5.91 Å². The Morgan fingerprint density at radius 1 is 1.12 bits per heavy atom. The van der Waals surface area contributed by atoms with Crippen LogP contribution in [0.4, 0.5) is 0 Å². The number of nitrogens with zero attached hydrogens (tertiary/aromatic N) is 3. The first-order chi connectivity index (χ1) is 11.3. The van der Waals surface area contributed by atoms with Gasteiger partial charge in [0.2, 0.25) is 10.0 Å². The second-order valence-electron chi connectivity index (χ2n) is 5.74. The molecule has 0 radical (unpaired) electrons. The smallest absolute Gasteiger partial charge is 0.257 e. The maximum absolute atomic E-state index is 12.8. The average Bonchev–Trinajstić information content (AvgIpc) is 3.12. The van der Waals surface area contributed by atoms with Gasteiger partial charge in [0.1, 0.15) is 16.3 Å². The van der Waals surface area contributed by atoms with Gasteiger partial charge < -0.3 is 13.8 Å². The quantitative estimate of drug-likeness (QED) is 0.826. The van der Waals surface area contributed by atoms with Crippen LogP contribution in [0.5, 0.6) is 0 Å². The number of rotatable bonds is 3. The Labute approximate surface area is 140 Å². The molecule has 0 N–H and O–H groups in total.